The Morgan fingerprint density at radius 2 is 1.90 bits per heavy atom. The molecule has 0 saturated carbocycles. The molecule has 2 amide bonds. The minimum Gasteiger partial charge on any atom is -0.347 e. The molecule has 1 unspecified atom stereocenters. The zero-order chi connectivity index (χ0) is 29.3. The first kappa shape index (κ1) is 27.8. The number of H-pyrrole nitrogens is 1. The van der Waals surface area contributed by atoms with Crippen molar-refractivity contribution in [2.75, 3.05) is 24.9 Å². The molecule has 0 saturated heterocycles. The van der Waals surface area contributed by atoms with E-state index in [9.17, 15) is 18.2 Å². The lowest BCUT2D eigenvalue weighted by molar-refractivity contribution is 0.0934. The highest BCUT2D eigenvalue weighted by Gasteiger charge is 2.35. The molecular weight excluding hydrogens is 551 g/mol. The fourth-order valence-electron chi connectivity index (χ4n) is 4.36. The van der Waals surface area contributed by atoms with E-state index in [0.29, 0.717) is 28.2 Å². The van der Waals surface area contributed by atoms with Crippen LogP contribution in [0.15, 0.2) is 48.8 Å². The minimum absolute atomic E-state index is 0.00410. The average molecular weight is 579 g/mol. The second kappa shape index (κ2) is 11.0. The summed E-state index contributed by atoms with van der Waals surface area (Å²) in [5.74, 6) is 2.90. The van der Waals surface area contributed by atoms with E-state index >= 15 is 0 Å². The molecule has 3 heterocycles. The van der Waals surface area contributed by atoms with Gasteiger partial charge < -0.3 is 10.6 Å². The van der Waals surface area contributed by atoms with Gasteiger partial charge in [0, 0.05) is 37.8 Å². The molecule has 0 fully saturated rings. The van der Waals surface area contributed by atoms with E-state index in [0.717, 1.165) is 11.9 Å². The fourth-order valence-corrected chi connectivity index (χ4v) is 5.60. The number of fused-ring (bicyclic) bond motifs is 1. The van der Waals surface area contributed by atoms with Crippen molar-refractivity contribution in [1.29, 1.82) is 0 Å². The number of amides is 2. The average Bonchev–Trinajstić information content (AvgIpc) is 3.62. The van der Waals surface area contributed by atoms with Crippen molar-refractivity contribution < 1.29 is 18.2 Å². The molecular formula is C26H27FN10O3S. The first-order valence-electron chi connectivity index (χ1n) is 12.4. The van der Waals surface area contributed by atoms with Crippen molar-refractivity contribution in [1.82, 2.24) is 45.5 Å². The van der Waals surface area contributed by atoms with Gasteiger partial charge in [-0.15, -0.1) is 10.2 Å². The third kappa shape index (κ3) is 5.62. The van der Waals surface area contributed by atoms with Crippen molar-refractivity contribution in [2.24, 2.45) is 0 Å². The Morgan fingerprint density at radius 1 is 1.15 bits per heavy atom. The molecule has 4 aromatic rings. The molecule has 212 valence electrons. The molecule has 13 nitrogen and oxygen atoms in total. The van der Waals surface area contributed by atoms with E-state index in [-0.39, 0.29) is 30.3 Å². The molecule has 1 aliphatic rings. The van der Waals surface area contributed by atoms with Crippen LogP contribution in [0.4, 0.5) is 10.1 Å². The number of halogens is 1. The van der Waals surface area contributed by atoms with Crippen molar-refractivity contribution in [3.8, 4) is 11.4 Å². The smallest absolute Gasteiger partial charge is 0.270 e. The van der Waals surface area contributed by atoms with Crippen molar-refractivity contribution >= 4 is 33.3 Å². The Labute approximate surface area is 235 Å². The van der Waals surface area contributed by atoms with Crippen LogP contribution >= 0.6 is 0 Å². The van der Waals surface area contributed by atoms with Gasteiger partial charge in [0.1, 0.15) is 33.4 Å². The second-order valence-electron chi connectivity index (χ2n) is 9.57. The first-order chi connectivity index (χ1) is 19.5. The van der Waals surface area contributed by atoms with E-state index in [1.807, 2.05) is 0 Å². The van der Waals surface area contributed by atoms with Crippen LogP contribution in [0.1, 0.15) is 43.7 Å². The second-order valence-corrected chi connectivity index (χ2v) is 12.0. The highest BCUT2D eigenvalue weighted by molar-refractivity contribution is 7.99. The maximum atomic E-state index is 13.6. The predicted octanol–water partition coefficient (Wildman–Crippen LogP) is 1.43. The SMILES string of the molecule is C=S(=O)(N(C)C)N1C[C@H](NC(=O)c2cc(C(=O)NCc3ccc(F)c(C)c3)ncn2)c2ccc(-c3nn[nH]n3)cc21. The van der Waals surface area contributed by atoms with Gasteiger partial charge in [-0.2, -0.15) is 5.21 Å². The summed E-state index contributed by atoms with van der Waals surface area (Å²) in [5, 5.41) is 19.6. The van der Waals surface area contributed by atoms with Gasteiger partial charge in [0.15, 0.2) is 0 Å². The summed E-state index contributed by atoms with van der Waals surface area (Å²) < 4.78 is 30.2. The van der Waals surface area contributed by atoms with Crippen molar-refractivity contribution in [3.63, 3.8) is 0 Å². The third-order valence-corrected chi connectivity index (χ3v) is 8.83. The quantitative estimate of drug-likeness (QED) is 0.265. The molecule has 1 aliphatic heterocycles. The Hall–Kier alpha value is -4.76. The van der Waals surface area contributed by atoms with Crippen LogP contribution in [-0.2, 0) is 16.4 Å². The molecule has 15 heteroatoms. The molecule has 2 aromatic carbocycles. The Kier molecular flexibility index (Phi) is 7.47. The third-order valence-electron chi connectivity index (χ3n) is 6.65. The van der Waals surface area contributed by atoms with Crippen LogP contribution in [-0.4, -0.2) is 77.4 Å². The Balaban J connectivity index is 1.35. The maximum Gasteiger partial charge on any atom is 0.270 e. The van der Waals surface area contributed by atoms with E-state index < -0.39 is 27.8 Å². The lowest BCUT2D eigenvalue weighted by Crippen LogP contribution is -2.41. The molecule has 41 heavy (non-hydrogen) atoms. The highest BCUT2D eigenvalue weighted by Crippen LogP contribution is 2.39. The van der Waals surface area contributed by atoms with E-state index in [2.05, 4.69) is 47.1 Å². The number of aromatic nitrogens is 6. The normalized spacial score (nSPS) is 15.8. The summed E-state index contributed by atoms with van der Waals surface area (Å²) >= 11 is 0. The molecule has 0 radical (unpaired) electrons. The monoisotopic (exact) mass is 578 g/mol. The van der Waals surface area contributed by atoms with Crippen molar-refractivity contribution in [3.05, 3.63) is 82.7 Å². The van der Waals surface area contributed by atoms with Crippen LogP contribution in [0.2, 0.25) is 0 Å². The van der Waals surface area contributed by atoms with Crippen LogP contribution in [0.3, 0.4) is 0 Å². The number of tetrazole rings is 1. The molecule has 3 N–H and O–H groups in total. The van der Waals surface area contributed by atoms with E-state index in [1.54, 1.807) is 55.7 Å². The van der Waals surface area contributed by atoms with E-state index in [1.165, 1.54) is 16.4 Å². The number of anilines is 1. The van der Waals surface area contributed by atoms with Crippen LogP contribution in [0.25, 0.3) is 11.4 Å². The minimum atomic E-state index is -2.91. The Morgan fingerprint density at radius 3 is 2.59 bits per heavy atom. The summed E-state index contributed by atoms with van der Waals surface area (Å²) in [4.78, 5) is 34.0. The lowest BCUT2D eigenvalue weighted by atomic mass is 10.1. The van der Waals surface area contributed by atoms with Gasteiger partial charge >= 0.3 is 0 Å². The number of hydrogen-bond donors (Lipinski definition) is 3. The number of aryl methyl sites for hydroxylation is 1. The van der Waals surface area contributed by atoms with Gasteiger partial charge in [0.2, 0.25) is 5.82 Å². The van der Waals surface area contributed by atoms with Gasteiger partial charge in [-0.3, -0.25) is 13.9 Å². The maximum absolute atomic E-state index is 13.6. The van der Waals surface area contributed by atoms with E-state index in [4.69, 9.17) is 0 Å². The van der Waals surface area contributed by atoms with Gasteiger partial charge in [-0.1, -0.05) is 24.3 Å². The molecule has 0 bridgehead atoms. The Bertz CT molecular complexity index is 1730. The number of carbonyl (C=O) groups is 2. The summed E-state index contributed by atoms with van der Waals surface area (Å²) in [5.41, 5.74) is 3.12. The number of hydrogen-bond acceptors (Lipinski definition) is 8. The summed E-state index contributed by atoms with van der Waals surface area (Å²) in [7, 11) is 0.413. The predicted molar refractivity (Wildman–Crippen MR) is 150 cm³/mol. The highest BCUT2D eigenvalue weighted by atomic mass is 32.2. The zero-order valence-electron chi connectivity index (χ0n) is 22.5. The number of benzene rings is 2. The number of aromatic amines is 1. The van der Waals surface area contributed by atoms with Gasteiger partial charge in [0.25, 0.3) is 11.8 Å². The van der Waals surface area contributed by atoms with Crippen LogP contribution < -0.4 is 14.9 Å². The van der Waals surface area contributed by atoms with Gasteiger partial charge in [-0.25, -0.2) is 22.9 Å². The first-order valence-corrected chi connectivity index (χ1v) is 14.0. The van der Waals surface area contributed by atoms with Crippen LogP contribution in [0.5, 0.6) is 0 Å². The molecule has 0 spiro atoms. The molecule has 0 aliphatic carbocycles. The number of rotatable bonds is 8. The fraction of sp³-hybridized carbons (Fsp3) is 0.231. The number of nitrogens with zero attached hydrogens (tertiary/aromatic N) is 7. The number of nitrogens with one attached hydrogen (secondary N) is 3. The topological polar surface area (TPSA) is 162 Å². The van der Waals surface area contributed by atoms with Gasteiger partial charge in [-0.05, 0) is 41.3 Å². The van der Waals surface area contributed by atoms with Crippen LogP contribution in [0, 0.1) is 12.7 Å². The summed E-state index contributed by atoms with van der Waals surface area (Å²) in [6.07, 6.45) is 1.13. The summed E-state index contributed by atoms with van der Waals surface area (Å²) in [6.45, 7) is 1.97. The standard InChI is InChI=1S/C26H27FN10O3S/c1-15-9-16(5-8-19(15)27)12-28-25(38)20-11-21(30-14-29-20)26(39)31-22-13-37(41(4,40)36(2)3)23-10-17(6-7-18(22)23)24-32-34-35-33-24/h5-11,14,22H,4,12-13H2,1-3H3,(H,28,38)(H,31,39)(H,32,33,34,35)/t22-,41?/m0/s1. The molecule has 5 rings (SSSR count). The van der Waals surface area contributed by atoms with Crippen molar-refractivity contribution in [2.45, 2.75) is 19.5 Å². The lowest BCUT2D eigenvalue weighted by Gasteiger charge is -2.29. The molecule has 2 aromatic heterocycles. The largest absolute Gasteiger partial charge is 0.347 e. The zero-order valence-corrected chi connectivity index (χ0v) is 23.3. The summed E-state index contributed by atoms with van der Waals surface area (Å²) in [6, 6.07) is 10.6. The van der Waals surface area contributed by atoms with Gasteiger partial charge in [0.05, 0.1) is 18.3 Å². The number of carbonyl (C=O) groups excluding carboxylic acids is 2. The molecule has 2 atom stereocenters.